The zero-order valence-corrected chi connectivity index (χ0v) is 8.29. The molecule has 0 saturated carbocycles. The van der Waals surface area contributed by atoms with Crippen LogP contribution < -0.4 is 0 Å². The average Bonchev–Trinajstić information content (AvgIpc) is 2.17. The van der Waals surface area contributed by atoms with Crippen LogP contribution in [0.2, 0.25) is 0 Å². The monoisotopic (exact) mass is 196 g/mol. The molecule has 1 atom stereocenters. The summed E-state index contributed by atoms with van der Waals surface area (Å²) in [6.07, 6.45) is -0.0576. The van der Waals surface area contributed by atoms with Crippen LogP contribution in [0.5, 0.6) is 0 Å². The number of benzene rings is 1. The minimum absolute atomic E-state index is 0.276. The fraction of sp³-hybridized carbons (Fsp3) is 0.364. The second-order valence-corrected chi connectivity index (χ2v) is 3.04. The van der Waals surface area contributed by atoms with Crippen LogP contribution in [0.1, 0.15) is 31.9 Å². The van der Waals surface area contributed by atoms with Gasteiger partial charge in [0.25, 0.3) is 0 Å². The second-order valence-electron chi connectivity index (χ2n) is 3.04. The highest BCUT2D eigenvalue weighted by Crippen LogP contribution is 2.17. The van der Waals surface area contributed by atoms with Crippen molar-refractivity contribution in [3.05, 3.63) is 35.6 Å². The largest absolute Gasteiger partial charge is 0.458 e. The van der Waals surface area contributed by atoms with Gasteiger partial charge in [-0.1, -0.05) is 19.1 Å². The summed E-state index contributed by atoms with van der Waals surface area (Å²) < 4.78 is 17.8. The second kappa shape index (κ2) is 4.74. The molecule has 14 heavy (non-hydrogen) atoms. The van der Waals surface area contributed by atoms with Crippen LogP contribution in [0, 0.1) is 5.82 Å². The minimum Gasteiger partial charge on any atom is -0.458 e. The molecule has 1 aromatic rings. The predicted octanol–water partition coefficient (Wildman–Crippen LogP) is 2.84. The number of carbonyl (C=O) groups is 1. The molecule has 0 aromatic heterocycles. The van der Waals surface area contributed by atoms with Gasteiger partial charge in [-0.25, -0.2) is 4.39 Å². The van der Waals surface area contributed by atoms with Crippen LogP contribution in [-0.4, -0.2) is 5.97 Å². The van der Waals surface area contributed by atoms with E-state index < -0.39 is 6.10 Å². The van der Waals surface area contributed by atoms with Gasteiger partial charge in [0.2, 0.25) is 0 Å². The molecule has 0 radical (unpaired) electrons. The Bertz CT molecular complexity index is 323. The van der Waals surface area contributed by atoms with Crippen LogP contribution in [0.4, 0.5) is 4.39 Å². The first-order valence-corrected chi connectivity index (χ1v) is 4.58. The molecule has 0 heterocycles. The fourth-order valence-electron chi connectivity index (χ4n) is 1.11. The number of carbonyl (C=O) groups excluding carboxylic acids is 1. The Hall–Kier alpha value is -1.38. The van der Waals surface area contributed by atoms with E-state index in [2.05, 4.69) is 0 Å². The van der Waals surface area contributed by atoms with Gasteiger partial charge in [0, 0.05) is 6.42 Å². The molecule has 1 aromatic carbocycles. The van der Waals surface area contributed by atoms with E-state index in [-0.39, 0.29) is 11.8 Å². The molecule has 0 aliphatic heterocycles. The number of rotatable bonds is 3. The van der Waals surface area contributed by atoms with Crippen LogP contribution in [0.3, 0.4) is 0 Å². The van der Waals surface area contributed by atoms with Crippen molar-refractivity contribution in [2.24, 2.45) is 0 Å². The van der Waals surface area contributed by atoms with E-state index in [1.165, 1.54) is 12.1 Å². The van der Waals surface area contributed by atoms with Gasteiger partial charge in [-0.15, -0.1) is 0 Å². The van der Waals surface area contributed by atoms with Crippen molar-refractivity contribution in [2.75, 3.05) is 0 Å². The van der Waals surface area contributed by atoms with Crippen molar-refractivity contribution in [3.63, 3.8) is 0 Å². The highest BCUT2D eigenvalue weighted by molar-refractivity contribution is 5.69. The van der Waals surface area contributed by atoms with E-state index in [4.69, 9.17) is 4.74 Å². The lowest BCUT2D eigenvalue weighted by Gasteiger charge is -2.12. The van der Waals surface area contributed by atoms with E-state index in [0.717, 1.165) is 0 Å². The van der Waals surface area contributed by atoms with Crippen molar-refractivity contribution in [2.45, 2.75) is 26.4 Å². The van der Waals surface area contributed by atoms with Crippen molar-refractivity contribution in [1.82, 2.24) is 0 Å². The molecule has 0 bridgehead atoms. The Morgan fingerprint density at radius 1 is 1.57 bits per heavy atom. The van der Waals surface area contributed by atoms with Gasteiger partial charge in [0.05, 0.1) is 0 Å². The van der Waals surface area contributed by atoms with E-state index in [1.54, 1.807) is 26.0 Å². The average molecular weight is 196 g/mol. The summed E-state index contributed by atoms with van der Waals surface area (Å²) in [6.45, 7) is 3.45. The fourth-order valence-corrected chi connectivity index (χ4v) is 1.11. The molecular formula is C11H13FO2. The molecule has 0 spiro atoms. The van der Waals surface area contributed by atoms with Crippen molar-refractivity contribution in [3.8, 4) is 0 Å². The molecule has 0 saturated heterocycles. The third-order valence-corrected chi connectivity index (χ3v) is 1.91. The van der Waals surface area contributed by atoms with Crippen LogP contribution in [0.25, 0.3) is 0 Å². The first-order chi connectivity index (χ1) is 6.63. The van der Waals surface area contributed by atoms with Gasteiger partial charge < -0.3 is 4.74 Å². The zero-order valence-electron chi connectivity index (χ0n) is 8.29. The van der Waals surface area contributed by atoms with Gasteiger partial charge in [0.1, 0.15) is 11.9 Å². The summed E-state index contributed by atoms with van der Waals surface area (Å²) in [5.74, 6) is -0.594. The summed E-state index contributed by atoms with van der Waals surface area (Å²) in [4.78, 5) is 11.0. The number of esters is 1. The molecule has 0 aliphatic carbocycles. The lowest BCUT2D eigenvalue weighted by Crippen LogP contribution is -2.07. The maximum absolute atomic E-state index is 12.8. The lowest BCUT2D eigenvalue weighted by molar-refractivity contribution is -0.148. The van der Waals surface area contributed by atoms with E-state index in [0.29, 0.717) is 12.0 Å². The van der Waals surface area contributed by atoms with Gasteiger partial charge in [-0.2, -0.15) is 0 Å². The van der Waals surface area contributed by atoms with Gasteiger partial charge in [0.15, 0.2) is 0 Å². The standard InChI is InChI=1S/C11H13FO2/c1-3-11(13)14-8(2)9-5-4-6-10(12)7-9/h4-8H,3H2,1-2H3. The number of ether oxygens (including phenoxy) is 1. The van der Waals surface area contributed by atoms with Crippen LogP contribution in [0.15, 0.2) is 24.3 Å². The quantitative estimate of drug-likeness (QED) is 0.695. The van der Waals surface area contributed by atoms with Crippen LogP contribution >= 0.6 is 0 Å². The Labute approximate surface area is 82.7 Å². The Morgan fingerprint density at radius 2 is 2.29 bits per heavy atom. The number of halogens is 1. The van der Waals surface area contributed by atoms with Gasteiger partial charge in [-0.3, -0.25) is 4.79 Å². The van der Waals surface area contributed by atoms with Crippen molar-refractivity contribution < 1.29 is 13.9 Å². The summed E-state index contributed by atoms with van der Waals surface area (Å²) in [6, 6.07) is 6.06. The summed E-state index contributed by atoms with van der Waals surface area (Å²) in [7, 11) is 0. The SMILES string of the molecule is CCC(=O)OC(C)c1cccc(F)c1. The molecule has 1 unspecified atom stereocenters. The Balaban J connectivity index is 2.69. The molecular weight excluding hydrogens is 183 g/mol. The molecule has 0 N–H and O–H groups in total. The van der Waals surface area contributed by atoms with E-state index in [1.807, 2.05) is 0 Å². The van der Waals surface area contributed by atoms with Gasteiger partial charge >= 0.3 is 5.97 Å². The van der Waals surface area contributed by atoms with Crippen LogP contribution in [-0.2, 0) is 9.53 Å². The predicted molar refractivity (Wildman–Crippen MR) is 51.2 cm³/mol. The van der Waals surface area contributed by atoms with E-state index in [9.17, 15) is 9.18 Å². The number of hydrogen-bond donors (Lipinski definition) is 0. The molecule has 1 rings (SSSR count). The Kier molecular flexibility index (Phi) is 3.63. The first-order valence-electron chi connectivity index (χ1n) is 4.58. The summed E-state index contributed by atoms with van der Waals surface area (Å²) >= 11 is 0. The molecule has 2 nitrogen and oxygen atoms in total. The molecule has 0 amide bonds. The number of hydrogen-bond acceptors (Lipinski definition) is 2. The molecule has 0 fully saturated rings. The highest BCUT2D eigenvalue weighted by Gasteiger charge is 2.10. The lowest BCUT2D eigenvalue weighted by atomic mass is 10.1. The normalized spacial score (nSPS) is 12.2. The molecule has 76 valence electrons. The highest BCUT2D eigenvalue weighted by atomic mass is 19.1. The minimum atomic E-state index is -0.391. The van der Waals surface area contributed by atoms with Crippen molar-refractivity contribution in [1.29, 1.82) is 0 Å². The molecule has 3 heteroatoms. The maximum atomic E-state index is 12.8. The zero-order chi connectivity index (χ0) is 10.6. The maximum Gasteiger partial charge on any atom is 0.306 e. The Morgan fingerprint density at radius 3 is 2.86 bits per heavy atom. The summed E-state index contributed by atoms with van der Waals surface area (Å²) in [5.41, 5.74) is 0.673. The third-order valence-electron chi connectivity index (χ3n) is 1.91. The first kappa shape index (κ1) is 10.7. The smallest absolute Gasteiger partial charge is 0.306 e. The molecule has 0 aliphatic rings. The third kappa shape index (κ3) is 2.83. The topological polar surface area (TPSA) is 26.3 Å². The van der Waals surface area contributed by atoms with E-state index >= 15 is 0 Å². The van der Waals surface area contributed by atoms with Crippen molar-refractivity contribution >= 4 is 5.97 Å². The van der Waals surface area contributed by atoms with Gasteiger partial charge in [-0.05, 0) is 24.6 Å². The summed E-state index contributed by atoms with van der Waals surface area (Å²) in [5, 5.41) is 0.